The molecule has 1 N–H and O–H groups in total. The van der Waals surface area contributed by atoms with Crippen molar-refractivity contribution in [1.82, 2.24) is 0 Å². The molecule has 1 aliphatic rings. The molecule has 1 saturated heterocycles. The first-order valence-electron chi connectivity index (χ1n) is 10.9. The second kappa shape index (κ2) is 12.0. The van der Waals surface area contributed by atoms with Crippen LogP contribution in [-0.4, -0.2) is 30.7 Å². The number of benzene rings is 1. The number of aryl methyl sites for hydroxylation is 1. The molecule has 1 heterocycles. The highest BCUT2D eigenvalue weighted by molar-refractivity contribution is 5.41. The van der Waals surface area contributed by atoms with Gasteiger partial charge in [0.15, 0.2) is 17.8 Å². The predicted molar refractivity (Wildman–Crippen MR) is 118 cm³/mol. The van der Waals surface area contributed by atoms with Gasteiger partial charge in [-0.05, 0) is 76.6 Å². The summed E-state index contributed by atoms with van der Waals surface area (Å²) in [6.07, 6.45) is 11.6. The Balaban J connectivity index is 1.97. The summed E-state index contributed by atoms with van der Waals surface area (Å²) in [5.41, 5.74) is 3.82. The van der Waals surface area contributed by atoms with Crippen LogP contribution in [-0.2, 0) is 15.9 Å². The second-order valence-corrected chi connectivity index (χ2v) is 8.29. The minimum absolute atomic E-state index is 0.173. The topological polar surface area (TPSA) is 47.9 Å². The van der Waals surface area contributed by atoms with E-state index in [1.54, 1.807) is 13.2 Å². The van der Waals surface area contributed by atoms with Gasteiger partial charge in [0.1, 0.15) is 0 Å². The zero-order chi connectivity index (χ0) is 21.2. The molecule has 0 spiro atoms. The van der Waals surface area contributed by atoms with Gasteiger partial charge in [0, 0.05) is 6.42 Å². The monoisotopic (exact) mass is 402 g/mol. The van der Waals surface area contributed by atoms with E-state index in [9.17, 15) is 5.11 Å². The van der Waals surface area contributed by atoms with Gasteiger partial charge in [-0.3, -0.25) is 0 Å². The van der Waals surface area contributed by atoms with E-state index in [1.165, 1.54) is 11.1 Å². The molecule has 1 fully saturated rings. The smallest absolute Gasteiger partial charge is 0.177 e. The molecule has 2 rings (SSSR count). The van der Waals surface area contributed by atoms with Crippen LogP contribution < -0.4 is 4.74 Å². The van der Waals surface area contributed by atoms with Crippen LogP contribution in [0.3, 0.4) is 0 Å². The molecule has 29 heavy (non-hydrogen) atoms. The second-order valence-electron chi connectivity index (χ2n) is 8.29. The van der Waals surface area contributed by atoms with E-state index < -0.39 is 0 Å². The van der Waals surface area contributed by atoms with E-state index in [-0.39, 0.29) is 24.2 Å². The molecule has 0 bridgehead atoms. The van der Waals surface area contributed by atoms with Crippen molar-refractivity contribution in [2.75, 3.05) is 7.11 Å². The van der Waals surface area contributed by atoms with Crippen LogP contribution in [0, 0.1) is 0 Å². The lowest BCUT2D eigenvalue weighted by atomic mass is 9.99. The fourth-order valence-electron chi connectivity index (χ4n) is 3.70. The molecular weight excluding hydrogens is 364 g/mol. The van der Waals surface area contributed by atoms with Crippen LogP contribution in [0.1, 0.15) is 71.8 Å². The standard InChI is InChI=1S/C25H38O4/c1-6-8-21-17-22(13-11-20-12-14-23(26)24(16-20)27-5)29-25(28-21)15-19(4)10-7-9-18(2)3/h9,12,14-16,21-22,25-26H,6-8,10-11,13,17H2,1-5H3/b19-15-/t21-,22-,25-/m1/s1. The van der Waals surface area contributed by atoms with Crippen molar-refractivity contribution in [3.05, 3.63) is 47.1 Å². The summed E-state index contributed by atoms with van der Waals surface area (Å²) in [5, 5.41) is 9.78. The minimum Gasteiger partial charge on any atom is -0.504 e. The highest BCUT2D eigenvalue weighted by atomic mass is 16.7. The molecular formula is C25H38O4. The van der Waals surface area contributed by atoms with Crippen molar-refractivity contribution < 1.29 is 19.3 Å². The molecule has 4 nitrogen and oxygen atoms in total. The first-order chi connectivity index (χ1) is 13.9. The molecule has 1 aromatic rings. The first-order valence-corrected chi connectivity index (χ1v) is 10.9. The van der Waals surface area contributed by atoms with Crippen LogP contribution >= 0.6 is 0 Å². The van der Waals surface area contributed by atoms with Gasteiger partial charge in [-0.25, -0.2) is 0 Å². The summed E-state index contributed by atoms with van der Waals surface area (Å²) < 4.78 is 17.7. The number of methoxy groups -OCH3 is 1. The van der Waals surface area contributed by atoms with E-state index in [2.05, 4.69) is 39.8 Å². The van der Waals surface area contributed by atoms with Crippen molar-refractivity contribution in [3.63, 3.8) is 0 Å². The maximum absolute atomic E-state index is 9.78. The van der Waals surface area contributed by atoms with Crippen molar-refractivity contribution in [3.8, 4) is 11.5 Å². The molecule has 0 saturated carbocycles. The highest BCUT2D eigenvalue weighted by Crippen LogP contribution is 2.29. The van der Waals surface area contributed by atoms with Crippen LogP contribution in [0.5, 0.6) is 11.5 Å². The average Bonchev–Trinajstić information content (AvgIpc) is 2.67. The Morgan fingerprint density at radius 2 is 1.90 bits per heavy atom. The third-order valence-electron chi connectivity index (χ3n) is 5.30. The molecule has 0 unspecified atom stereocenters. The third-order valence-corrected chi connectivity index (χ3v) is 5.30. The van der Waals surface area contributed by atoms with Crippen molar-refractivity contribution in [1.29, 1.82) is 0 Å². The lowest BCUT2D eigenvalue weighted by molar-refractivity contribution is -0.222. The molecule has 1 aromatic carbocycles. The summed E-state index contributed by atoms with van der Waals surface area (Å²) in [6.45, 7) is 8.63. The van der Waals surface area contributed by atoms with Gasteiger partial charge < -0.3 is 19.3 Å². The number of hydrogen-bond donors (Lipinski definition) is 1. The zero-order valence-electron chi connectivity index (χ0n) is 18.7. The number of hydrogen-bond acceptors (Lipinski definition) is 4. The Morgan fingerprint density at radius 3 is 2.55 bits per heavy atom. The van der Waals surface area contributed by atoms with E-state index in [0.717, 1.165) is 50.5 Å². The number of phenolic OH excluding ortho intramolecular Hbond substituents is 1. The zero-order valence-corrected chi connectivity index (χ0v) is 18.7. The average molecular weight is 403 g/mol. The van der Waals surface area contributed by atoms with Gasteiger partial charge in [-0.1, -0.05) is 36.6 Å². The molecule has 0 aliphatic carbocycles. The van der Waals surface area contributed by atoms with Crippen molar-refractivity contribution in [2.45, 2.75) is 91.1 Å². The van der Waals surface area contributed by atoms with Crippen LogP contribution in [0.2, 0.25) is 0 Å². The van der Waals surface area contributed by atoms with E-state index in [1.807, 2.05) is 12.1 Å². The number of ether oxygens (including phenoxy) is 3. The van der Waals surface area contributed by atoms with Gasteiger partial charge in [-0.2, -0.15) is 0 Å². The van der Waals surface area contributed by atoms with E-state index >= 15 is 0 Å². The van der Waals surface area contributed by atoms with Gasteiger partial charge in [0.2, 0.25) is 0 Å². The Labute approximate surface area is 176 Å². The summed E-state index contributed by atoms with van der Waals surface area (Å²) in [6, 6.07) is 5.55. The lowest BCUT2D eigenvalue weighted by Crippen LogP contribution is -2.37. The Bertz CT molecular complexity index is 688. The van der Waals surface area contributed by atoms with Crippen molar-refractivity contribution in [2.24, 2.45) is 0 Å². The normalized spacial score (nSPS) is 22.4. The van der Waals surface area contributed by atoms with Gasteiger partial charge >= 0.3 is 0 Å². The maximum atomic E-state index is 9.78. The lowest BCUT2D eigenvalue weighted by Gasteiger charge is -2.35. The number of rotatable bonds is 10. The number of phenols is 1. The van der Waals surface area contributed by atoms with Crippen molar-refractivity contribution >= 4 is 0 Å². The summed E-state index contributed by atoms with van der Waals surface area (Å²) >= 11 is 0. The van der Waals surface area contributed by atoms with Gasteiger partial charge in [-0.15, -0.1) is 0 Å². The molecule has 4 heteroatoms. The first kappa shape index (κ1) is 23.5. The van der Waals surface area contributed by atoms with E-state index in [4.69, 9.17) is 14.2 Å². The molecule has 0 amide bonds. The summed E-state index contributed by atoms with van der Waals surface area (Å²) in [5.74, 6) is 0.697. The van der Waals surface area contributed by atoms with Gasteiger partial charge in [0.25, 0.3) is 0 Å². The molecule has 0 aromatic heterocycles. The summed E-state index contributed by atoms with van der Waals surface area (Å²) in [4.78, 5) is 0. The number of aromatic hydroxyl groups is 1. The van der Waals surface area contributed by atoms with Crippen LogP contribution in [0.4, 0.5) is 0 Å². The van der Waals surface area contributed by atoms with Crippen LogP contribution in [0.25, 0.3) is 0 Å². The molecule has 162 valence electrons. The Hall–Kier alpha value is -1.78. The number of allylic oxidation sites excluding steroid dienone is 3. The third kappa shape index (κ3) is 8.23. The van der Waals surface area contributed by atoms with Gasteiger partial charge in [0.05, 0.1) is 19.3 Å². The fourth-order valence-corrected chi connectivity index (χ4v) is 3.70. The highest BCUT2D eigenvalue weighted by Gasteiger charge is 2.28. The molecule has 0 radical (unpaired) electrons. The summed E-state index contributed by atoms with van der Waals surface area (Å²) in [7, 11) is 1.58. The molecule has 3 atom stereocenters. The maximum Gasteiger partial charge on any atom is 0.177 e. The fraction of sp³-hybridized carbons (Fsp3) is 0.600. The Morgan fingerprint density at radius 1 is 1.17 bits per heavy atom. The minimum atomic E-state index is -0.258. The van der Waals surface area contributed by atoms with Crippen LogP contribution in [0.15, 0.2) is 41.5 Å². The SMILES string of the molecule is CCC[C@@H]1C[C@@H](CCc2ccc(O)c(OC)c2)O[C@H](/C=C(/C)CCC=C(C)C)O1. The molecule has 1 aliphatic heterocycles. The largest absolute Gasteiger partial charge is 0.504 e. The Kier molecular flexibility index (Phi) is 9.75. The van der Waals surface area contributed by atoms with E-state index in [0.29, 0.717) is 5.75 Å². The predicted octanol–water partition coefficient (Wildman–Crippen LogP) is 6.33. The quantitative estimate of drug-likeness (QED) is 0.465.